The van der Waals surface area contributed by atoms with Crippen LogP contribution in [0.15, 0.2) is 22.7 Å². The standard InChI is InChI=1S/C16H23BrN2O2/c1-16(2,11-15(20)21)12-4-5-14(13(17)10-12)19-8-6-18(3)7-9-19/h4-5,10H,6-9,11H2,1-3H3,(H,20,21). The zero-order valence-electron chi connectivity index (χ0n) is 12.9. The molecule has 1 fully saturated rings. The second-order valence-electron chi connectivity index (χ2n) is 6.41. The zero-order valence-corrected chi connectivity index (χ0v) is 14.5. The first-order valence-corrected chi connectivity index (χ1v) is 8.04. The Kier molecular flexibility index (Phi) is 4.94. The number of carboxylic acid groups (broad SMARTS) is 1. The maximum atomic E-state index is 11.0. The summed E-state index contributed by atoms with van der Waals surface area (Å²) in [6, 6.07) is 6.23. The summed E-state index contributed by atoms with van der Waals surface area (Å²) in [5.41, 5.74) is 1.88. The van der Waals surface area contributed by atoms with E-state index in [2.05, 4.69) is 51.0 Å². The van der Waals surface area contributed by atoms with E-state index in [0.717, 1.165) is 36.2 Å². The molecule has 0 radical (unpaired) electrons. The molecule has 1 aliphatic rings. The first-order chi connectivity index (χ1) is 9.79. The highest BCUT2D eigenvalue weighted by atomic mass is 79.9. The van der Waals surface area contributed by atoms with E-state index in [1.165, 1.54) is 5.69 Å². The molecular formula is C16H23BrN2O2. The number of hydrogen-bond donors (Lipinski definition) is 1. The molecule has 0 bridgehead atoms. The molecule has 1 aromatic rings. The van der Waals surface area contributed by atoms with Gasteiger partial charge in [0.25, 0.3) is 0 Å². The zero-order chi connectivity index (χ0) is 15.6. The van der Waals surface area contributed by atoms with E-state index < -0.39 is 5.97 Å². The van der Waals surface area contributed by atoms with Crippen LogP contribution in [0.5, 0.6) is 0 Å². The van der Waals surface area contributed by atoms with Crippen LogP contribution in [0.2, 0.25) is 0 Å². The molecule has 1 saturated heterocycles. The second kappa shape index (κ2) is 6.36. The minimum absolute atomic E-state index is 0.132. The van der Waals surface area contributed by atoms with E-state index in [4.69, 9.17) is 5.11 Å². The summed E-state index contributed by atoms with van der Waals surface area (Å²) in [7, 11) is 2.14. The van der Waals surface area contributed by atoms with Crippen LogP contribution in [0.4, 0.5) is 5.69 Å². The highest BCUT2D eigenvalue weighted by Crippen LogP contribution is 2.34. The fourth-order valence-corrected chi connectivity index (χ4v) is 3.34. The Labute approximate surface area is 134 Å². The summed E-state index contributed by atoms with van der Waals surface area (Å²) in [6.45, 7) is 8.12. The van der Waals surface area contributed by atoms with Gasteiger partial charge in [-0.1, -0.05) is 19.9 Å². The number of piperazine rings is 1. The van der Waals surface area contributed by atoms with Gasteiger partial charge in [0, 0.05) is 36.1 Å². The van der Waals surface area contributed by atoms with Gasteiger partial charge in [0.2, 0.25) is 0 Å². The summed E-state index contributed by atoms with van der Waals surface area (Å²) in [5.74, 6) is -0.765. The smallest absolute Gasteiger partial charge is 0.304 e. The van der Waals surface area contributed by atoms with Crippen LogP contribution < -0.4 is 4.90 Å². The summed E-state index contributed by atoms with van der Waals surface area (Å²) in [5, 5.41) is 9.04. The monoisotopic (exact) mass is 354 g/mol. The Hall–Kier alpha value is -1.07. The third-order valence-electron chi connectivity index (χ3n) is 4.17. The largest absolute Gasteiger partial charge is 0.481 e. The van der Waals surface area contributed by atoms with Gasteiger partial charge >= 0.3 is 5.97 Å². The fourth-order valence-electron chi connectivity index (χ4n) is 2.71. The van der Waals surface area contributed by atoms with Crippen LogP contribution in [0.3, 0.4) is 0 Å². The van der Waals surface area contributed by atoms with Crippen LogP contribution in [-0.4, -0.2) is 49.2 Å². The molecule has 0 aliphatic carbocycles. The summed E-state index contributed by atoms with van der Waals surface area (Å²) < 4.78 is 1.04. The Morgan fingerprint density at radius 2 is 1.90 bits per heavy atom. The summed E-state index contributed by atoms with van der Waals surface area (Å²) in [6.07, 6.45) is 0.132. The molecule has 1 aromatic carbocycles. The van der Waals surface area contributed by atoms with Crippen molar-refractivity contribution in [3.63, 3.8) is 0 Å². The predicted molar refractivity (Wildman–Crippen MR) is 89.1 cm³/mol. The van der Waals surface area contributed by atoms with Gasteiger partial charge in [-0.15, -0.1) is 0 Å². The molecule has 0 saturated carbocycles. The van der Waals surface area contributed by atoms with Gasteiger partial charge in [-0.05, 0) is 40.7 Å². The van der Waals surface area contributed by atoms with Crippen molar-refractivity contribution in [1.29, 1.82) is 0 Å². The van der Waals surface area contributed by atoms with Crippen molar-refractivity contribution in [3.8, 4) is 0 Å². The van der Waals surface area contributed by atoms with Crippen molar-refractivity contribution >= 4 is 27.6 Å². The van der Waals surface area contributed by atoms with Crippen molar-refractivity contribution in [2.24, 2.45) is 0 Å². The quantitative estimate of drug-likeness (QED) is 0.902. The Bertz CT molecular complexity index is 523. The van der Waals surface area contributed by atoms with E-state index in [0.29, 0.717) is 0 Å². The number of carbonyl (C=O) groups is 1. The van der Waals surface area contributed by atoms with Crippen LogP contribution in [-0.2, 0) is 10.2 Å². The average Bonchev–Trinajstić information content (AvgIpc) is 2.38. The number of hydrogen-bond acceptors (Lipinski definition) is 3. The summed E-state index contributed by atoms with van der Waals surface area (Å²) in [4.78, 5) is 15.7. The normalized spacial score (nSPS) is 17.0. The number of rotatable bonds is 4. The van der Waals surface area contributed by atoms with Crippen LogP contribution >= 0.6 is 15.9 Å². The Morgan fingerprint density at radius 3 is 2.43 bits per heavy atom. The molecule has 116 valence electrons. The van der Waals surface area contributed by atoms with Gasteiger partial charge in [-0.2, -0.15) is 0 Å². The molecule has 0 spiro atoms. The van der Waals surface area contributed by atoms with E-state index in [1.807, 2.05) is 13.8 Å². The first-order valence-electron chi connectivity index (χ1n) is 7.25. The molecule has 0 unspecified atom stereocenters. The van der Waals surface area contributed by atoms with Gasteiger partial charge in [0.05, 0.1) is 12.1 Å². The van der Waals surface area contributed by atoms with Crippen molar-refractivity contribution in [2.45, 2.75) is 25.7 Å². The van der Waals surface area contributed by atoms with E-state index in [9.17, 15) is 4.79 Å². The lowest BCUT2D eigenvalue weighted by molar-refractivity contribution is -0.138. The molecule has 1 aliphatic heterocycles. The predicted octanol–water partition coefficient (Wildman–Crippen LogP) is 2.95. The number of anilines is 1. The number of nitrogens with zero attached hydrogens (tertiary/aromatic N) is 2. The lowest BCUT2D eigenvalue weighted by Crippen LogP contribution is -2.44. The molecule has 4 nitrogen and oxygen atoms in total. The number of carboxylic acids is 1. The molecule has 0 amide bonds. The van der Waals surface area contributed by atoms with Gasteiger partial charge in [-0.25, -0.2) is 0 Å². The molecule has 0 aromatic heterocycles. The molecule has 1 N–H and O–H groups in total. The average molecular weight is 355 g/mol. The summed E-state index contributed by atoms with van der Waals surface area (Å²) >= 11 is 3.65. The van der Waals surface area contributed by atoms with E-state index in [-0.39, 0.29) is 11.8 Å². The minimum Gasteiger partial charge on any atom is -0.481 e. The maximum absolute atomic E-state index is 11.0. The first kappa shape index (κ1) is 16.3. The van der Waals surface area contributed by atoms with Crippen LogP contribution in [0.1, 0.15) is 25.8 Å². The second-order valence-corrected chi connectivity index (χ2v) is 7.27. The maximum Gasteiger partial charge on any atom is 0.304 e. The SMILES string of the molecule is CN1CCN(c2ccc(C(C)(C)CC(=O)O)cc2Br)CC1. The molecule has 21 heavy (non-hydrogen) atoms. The van der Waals surface area contributed by atoms with Crippen molar-refractivity contribution < 1.29 is 9.90 Å². The van der Waals surface area contributed by atoms with Gasteiger partial charge in [-0.3, -0.25) is 4.79 Å². The number of benzene rings is 1. The molecule has 0 atom stereocenters. The van der Waals surface area contributed by atoms with Crippen molar-refractivity contribution in [3.05, 3.63) is 28.2 Å². The Balaban J connectivity index is 2.19. The Morgan fingerprint density at radius 1 is 1.29 bits per heavy atom. The van der Waals surface area contributed by atoms with Gasteiger partial charge < -0.3 is 14.9 Å². The highest BCUT2D eigenvalue weighted by Gasteiger charge is 2.25. The van der Waals surface area contributed by atoms with Gasteiger partial charge in [0.1, 0.15) is 0 Å². The highest BCUT2D eigenvalue weighted by molar-refractivity contribution is 9.10. The fraction of sp³-hybridized carbons (Fsp3) is 0.562. The van der Waals surface area contributed by atoms with Gasteiger partial charge in [0.15, 0.2) is 0 Å². The topological polar surface area (TPSA) is 43.8 Å². The third kappa shape index (κ3) is 3.98. The van der Waals surface area contributed by atoms with Crippen molar-refractivity contribution in [2.75, 3.05) is 38.1 Å². The third-order valence-corrected chi connectivity index (χ3v) is 4.80. The minimum atomic E-state index is -0.765. The molecular weight excluding hydrogens is 332 g/mol. The lowest BCUT2D eigenvalue weighted by atomic mass is 9.81. The van der Waals surface area contributed by atoms with Crippen molar-refractivity contribution in [1.82, 2.24) is 4.90 Å². The van der Waals surface area contributed by atoms with E-state index >= 15 is 0 Å². The lowest BCUT2D eigenvalue weighted by Gasteiger charge is -2.35. The molecule has 2 rings (SSSR count). The molecule has 1 heterocycles. The number of aliphatic carboxylic acids is 1. The molecule has 5 heteroatoms. The van der Waals surface area contributed by atoms with E-state index in [1.54, 1.807) is 0 Å². The number of halogens is 1. The van der Waals surface area contributed by atoms with Crippen LogP contribution in [0, 0.1) is 0 Å². The van der Waals surface area contributed by atoms with Crippen LogP contribution in [0.25, 0.3) is 0 Å². The number of likely N-dealkylation sites (N-methyl/N-ethyl adjacent to an activating group) is 1.